The second kappa shape index (κ2) is 5.78. The molecule has 24 heavy (non-hydrogen) atoms. The fourth-order valence-electron chi connectivity index (χ4n) is 3.69. The summed E-state index contributed by atoms with van der Waals surface area (Å²) in [5.74, 6) is 1.08. The number of nitrogens with one attached hydrogen (secondary N) is 1. The summed E-state index contributed by atoms with van der Waals surface area (Å²) < 4.78 is 2.18. The predicted molar refractivity (Wildman–Crippen MR) is 92.0 cm³/mol. The molecule has 4 rings (SSSR count). The van der Waals surface area contributed by atoms with Gasteiger partial charge in [0.25, 0.3) is 5.91 Å². The van der Waals surface area contributed by atoms with Crippen LogP contribution in [0.3, 0.4) is 0 Å². The molecule has 0 spiro atoms. The second-order valence-electron chi connectivity index (χ2n) is 6.58. The first-order chi connectivity index (χ1) is 11.6. The monoisotopic (exact) mass is 323 g/mol. The number of imidazole rings is 1. The highest BCUT2D eigenvalue weighted by Gasteiger charge is 2.27. The zero-order valence-corrected chi connectivity index (χ0v) is 14.0. The third-order valence-corrected chi connectivity index (χ3v) is 4.86. The number of hydrogen-bond acceptors (Lipinski definition) is 3. The van der Waals surface area contributed by atoms with Crippen molar-refractivity contribution in [1.82, 2.24) is 24.6 Å². The topological polar surface area (TPSA) is 66.8 Å². The first kappa shape index (κ1) is 14.9. The lowest BCUT2D eigenvalue weighted by atomic mass is 10.0. The highest BCUT2D eigenvalue weighted by molar-refractivity contribution is 6.05. The van der Waals surface area contributed by atoms with Gasteiger partial charge < -0.3 is 9.47 Å². The van der Waals surface area contributed by atoms with Gasteiger partial charge in [-0.25, -0.2) is 4.98 Å². The Balaban J connectivity index is 1.64. The van der Waals surface area contributed by atoms with Crippen molar-refractivity contribution < 1.29 is 4.79 Å². The van der Waals surface area contributed by atoms with Crippen LogP contribution in [0.1, 0.15) is 40.6 Å². The lowest BCUT2D eigenvalue weighted by Crippen LogP contribution is -2.41. The number of aromatic nitrogens is 4. The fraction of sp³-hybridized carbons (Fsp3) is 0.389. The number of fused-ring (bicyclic) bond motifs is 1. The van der Waals surface area contributed by atoms with Gasteiger partial charge in [-0.15, -0.1) is 0 Å². The van der Waals surface area contributed by atoms with Gasteiger partial charge in [0, 0.05) is 30.9 Å². The number of likely N-dealkylation sites (tertiary alicyclic amines) is 1. The van der Waals surface area contributed by atoms with Crippen LogP contribution in [0.4, 0.5) is 0 Å². The molecule has 3 heterocycles. The molecule has 3 aromatic rings. The molecule has 1 amide bonds. The average molecular weight is 323 g/mol. The van der Waals surface area contributed by atoms with Crippen LogP contribution in [0.2, 0.25) is 0 Å². The van der Waals surface area contributed by atoms with Gasteiger partial charge in [-0.1, -0.05) is 0 Å². The Kier molecular flexibility index (Phi) is 3.59. The van der Waals surface area contributed by atoms with Gasteiger partial charge in [0.1, 0.15) is 5.82 Å². The van der Waals surface area contributed by atoms with Crippen LogP contribution in [0, 0.1) is 13.8 Å². The van der Waals surface area contributed by atoms with Crippen molar-refractivity contribution in [2.24, 2.45) is 0 Å². The van der Waals surface area contributed by atoms with Crippen LogP contribution in [-0.2, 0) is 0 Å². The molecule has 124 valence electrons. The van der Waals surface area contributed by atoms with Crippen LogP contribution in [0.5, 0.6) is 0 Å². The summed E-state index contributed by atoms with van der Waals surface area (Å²) in [4.78, 5) is 19.4. The molecule has 1 aliphatic heterocycles. The van der Waals surface area contributed by atoms with Crippen molar-refractivity contribution in [3.63, 3.8) is 0 Å². The number of amides is 1. The van der Waals surface area contributed by atoms with Gasteiger partial charge in [-0.2, -0.15) is 5.10 Å². The first-order valence-electron chi connectivity index (χ1n) is 8.36. The number of nitrogens with zero attached hydrogens (tertiary/aromatic N) is 4. The number of rotatable bonds is 2. The Morgan fingerprint density at radius 1 is 1.33 bits per heavy atom. The summed E-state index contributed by atoms with van der Waals surface area (Å²) in [5, 5.41) is 8.04. The Morgan fingerprint density at radius 2 is 2.21 bits per heavy atom. The molecule has 0 aliphatic carbocycles. The van der Waals surface area contributed by atoms with E-state index in [4.69, 9.17) is 0 Å². The summed E-state index contributed by atoms with van der Waals surface area (Å²) in [6.07, 6.45) is 7.69. The van der Waals surface area contributed by atoms with Crippen molar-refractivity contribution in [3.05, 3.63) is 47.7 Å². The minimum absolute atomic E-state index is 0.0791. The summed E-state index contributed by atoms with van der Waals surface area (Å²) in [5.41, 5.74) is 2.61. The van der Waals surface area contributed by atoms with E-state index in [0.29, 0.717) is 11.6 Å². The molecule has 6 nitrogen and oxygen atoms in total. The van der Waals surface area contributed by atoms with Crippen molar-refractivity contribution in [2.45, 2.75) is 32.7 Å². The average Bonchev–Trinajstić information content (AvgIpc) is 3.22. The van der Waals surface area contributed by atoms with Crippen LogP contribution in [-0.4, -0.2) is 43.6 Å². The zero-order chi connectivity index (χ0) is 16.7. The van der Waals surface area contributed by atoms with Gasteiger partial charge in [-0.3, -0.25) is 9.89 Å². The minimum Gasteiger partial charge on any atom is -0.337 e. The van der Waals surface area contributed by atoms with E-state index in [1.165, 1.54) is 0 Å². The van der Waals surface area contributed by atoms with Gasteiger partial charge in [0.15, 0.2) is 0 Å². The quantitative estimate of drug-likeness (QED) is 0.788. The standard InChI is InChI=1S/C18H21N5O/c1-12-8-14-10-20-21-17(14)16(9-12)18(24)22-6-3-4-15(11-22)23-7-5-19-13(23)2/h5,7-10,15H,3-4,6,11H2,1-2H3,(H,20,21)/t15-/m1/s1. The lowest BCUT2D eigenvalue weighted by molar-refractivity contribution is 0.0680. The molecule has 0 bridgehead atoms. The number of carbonyl (C=O) groups is 1. The van der Waals surface area contributed by atoms with Gasteiger partial charge >= 0.3 is 0 Å². The van der Waals surface area contributed by atoms with E-state index < -0.39 is 0 Å². The molecule has 1 saturated heterocycles. The number of piperidine rings is 1. The maximum Gasteiger partial charge on any atom is 0.256 e. The molecule has 1 fully saturated rings. The van der Waals surface area contributed by atoms with E-state index in [9.17, 15) is 4.79 Å². The van der Waals surface area contributed by atoms with Crippen LogP contribution >= 0.6 is 0 Å². The molecule has 0 saturated carbocycles. The molecule has 1 N–H and O–H groups in total. The minimum atomic E-state index is 0.0791. The van der Waals surface area contributed by atoms with Gasteiger partial charge in [0.05, 0.1) is 23.3 Å². The van der Waals surface area contributed by atoms with E-state index in [2.05, 4.69) is 19.7 Å². The van der Waals surface area contributed by atoms with Crippen LogP contribution in [0.15, 0.2) is 30.7 Å². The number of benzene rings is 1. The van der Waals surface area contributed by atoms with E-state index in [1.807, 2.05) is 43.3 Å². The largest absolute Gasteiger partial charge is 0.337 e. The lowest BCUT2D eigenvalue weighted by Gasteiger charge is -2.34. The van der Waals surface area contributed by atoms with E-state index >= 15 is 0 Å². The summed E-state index contributed by atoms with van der Waals surface area (Å²) in [6, 6.07) is 4.30. The van der Waals surface area contributed by atoms with Crippen molar-refractivity contribution in [3.8, 4) is 0 Å². The van der Waals surface area contributed by atoms with Gasteiger partial charge in [0.2, 0.25) is 0 Å². The SMILES string of the molecule is Cc1cc(C(=O)N2CCC[C@@H](n3ccnc3C)C2)c2[nH]ncc2c1. The predicted octanol–water partition coefficient (Wildman–Crippen LogP) is 2.85. The molecular weight excluding hydrogens is 302 g/mol. The second-order valence-corrected chi connectivity index (χ2v) is 6.58. The third-order valence-electron chi connectivity index (χ3n) is 4.86. The summed E-state index contributed by atoms with van der Waals surface area (Å²) in [6.45, 7) is 5.54. The van der Waals surface area contributed by atoms with Crippen molar-refractivity contribution in [2.75, 3.05) is 13.1 Å². The van der Waals surface area contributed by atoms with E-state index in [-0.39, 0.29) is 5.91 Å². The Morgan fingerprint density at radius 3 is 3.00 bits per heavy atom. The maximum absolute atomic E-state index is 13.1. The Bertz CT molecular complexity index is 894. The smallest absolute Gasteiger partial charge is 0.256 e. The molecule has 1 aliphatic rings. The Hall–Kier alpha value is -2.63. The van der Waals surface area contributed by atoms with Crippen LogP contribution < -0.4 is 0 Å². The fourth-order valence-corrected chi connectivity index (χ4v) is 3.69. The normalized spacial score (nSPS) is 18.2. The highest BCUT2D eigenvalue weighted by atomic mass is 16.2. The van der Waals surface area contributed by atoms with E-state index in [1.54, 1.807) is 6.20 Å². The summed E-state index contributed by atoms with van der Waals surface area (Å²) in [7, 11) is 0. The van der Waals surface area contributed by atoms with Gasteiger partial charge in [-0.05, 0) is 44.4 Å². The maximum atomic E-state index is 13.1. The Labute approximate surface area is 140 Å². The number of aromatic amines is 1. The molecule has 2 aromatic heterocycles. The van der Waals surface area contributed by atoms with E-state index in [0.717, 1.165) is 48.2 Å². The number of aryl methyl sites for hydroxylation is 2. The van der Waals surface area contributed by atoms with Crippen LogP contribution in [0.25, 0.3) is 10.9 Å². The highest BCUT2D eigenvalue weighted by Crippen LogP contribution is 2.26. The number of hydrogen-bond donors (Lipinski definition) is 1. The molecular formula is C18H21N5O. The van der Waals surface area contributed by atoms with Crippen molar-refractivity contribution >= 4 is 16.8 Å². The summed E-state index contributed by atoms with van der Waals surface area (Å²) >= 11 is 0. The first-order valence-corrected chi connectivity index (χ1v) is 8.36. The molecule has 0 radical (unpaired) electrons. The number of H-pyrrole nitrogens is 1. The molecule has 0 unspecified atom stereocenters. The zero-order valence-electron chi connectivity index (χ0n) is 14.0. The van der Waals surface area contributed by atoms with Crippen molar-refractivity contribution in [1.29, 1.82) is 0 Å². The molecule has 1 atom stereocenters. The molecule has 6 heteroatoms. The number of carbonyl (C=O) groups excluding carboxylic acids is 1. The third kappa shape index (κ3) is 2.48. The molecule has 1 aromatic carbocycles.